The molecule has 0 aromatic heterocycles. The van der Waals surface area contributed by atoms with Crippen LogP contribution >= 0.6 is 0 Å². The summed E-state index contributed by atoms with van der Waals surface area (Å²) in [4.78, 5) is 16.7. The Labute approximate surface area is 65.5 Å². The largest absolute Gasteiger partial charge is 0.285 e. The van der Waals surface area contributed by atoms with Crippen LogP contribution in [0.4, 0.5) is 0 Å². The van der Waals surface area contributed by atoms with Crippen molar-refractivity contribution >= 4 is 5.91 Å². The SMILES string of the molecule is CONC(=O)CN(C)CC#N. The normalized spacial score (nSPS) is 9.27. The molecule has 5 heteroatoms. The number of nitrogens with zero attached hydrogens (tertiary/aromatic N) is 2. The third kappa shape index (κ3) is 5.33. The van der Waals surface area contributed by atoms with Crippen LogP contribution in [0.15, 0.2) is 0 Å². The lowest BCUT2D eigenvalue weighted by atomic mass is 10.5. The number of carbonyl (C=O) groups excluding carboxylic acids is 1. The van der Waals surface area contributed by atoms with Gasteiger partial charge < -0.3 is 0 Å². The van der Waals surface area contributed by atoms with Crippen molar-refractivity contribution in [1.29, 1.82) is 5.26 Å². The van der Waals surface area contributed by atoms with Gasteiger partial charge in [0, 0.05) is 0 Å². The Bertz CT molecular complexity index is 164. The Morgan fingerprint density at radius 2 is 2.45 bits per heavy atom. The summed E-state index contributed by atoms with van der Waals surface area (Å²) in [5, 5.41) is 8.22. The second-order valence-electron chi connectivity index (χ2n) is 2.06. The summed E-state index contributed by atoms with van der Waals surface area (Å²) < 4.78 is 0. The lowest BCUT2D eigenvalue weighted by Crippen LogP contribution is -2.34. The van der Waals surface area contributed by atoms with Crippen LogP contribution in [0, 0.1) is 11.3 Å². The van der Waals surface area contributed by atoms with Crippen LogP contribution in [0.5, 0.6) is 0 Å². The Morgan fingerprint density at radius 1 is 1.82 bits per heavy atom. The maximum atomic E-state index is 10.7. The predicted molar refractivity (Wildman–Crippen MR) is 38.3 cm³/mol. The summed E-state index contributed by atoms with van der Waals surface area (Å²) in [6.07, 6.45) is 0. The summed E-state index contributed by atoms with van der Waals surface area (Å²) in [6, 6.07) is 1.92. The first-order valence-corrected chi connectivity index (χ1v) is 3.08. The number of nitriles is 1. The predicted octanol–water partition coefficient (Wildman–Crippen LogP) is -0.881. The van der Waals surface area contributed by atoms with Crippen LogP contribution in [-0.4, -0.2) is 38.1 Å². The average Bonchev–Trinajstić information content (AvgIpc) is 1.87. The molecule has 1 amide bonds. The molecule has 0 fully saturated rings. The lowest BCUT2D eigenvalue weighted by molar-refractivity contribution is -0.132. The number of hydroxylamine groups is 1. The minimum atomic E-state index is -0.259. The molecule has 0 atom stereocenters. The zero-order valence-electron chi connectivity index (χ0n) is 6.63. The Morgan fingerprint density at radius 3 is 2.91 bits per heavy atom. The molecule has 5 nitrogen and oxygen atoms in total. The summed E-state index contributed by atoms with van der Waals surface area (Å²) in [6.45, 7) is 0.401. The van der Waals surface area contributed by atoms with Gasteiger partial charge in [-0.2, -0.15) is 5.26 Å². The number of carbonyl (C=O) groups is 1. The highest BCUT2D eigenvalue weighted by Gasteiger charge is 2.03. The van der Waals surface area contributed by atoms with Gasteiger partial charge >= 0.3 is 0 Å². The van der Waals surface area contributed by atoms with Crippen LogP contribution in [0.2, 0.25) is 0 Å². The lowest BCUT2D eigenvalue weighted by Gasteiger charge is -2.10. The molecule has 0 rings (SSSR count). The highest BCUT2D eigenvalue weighted by atomic mass is 16.6. The van der Waals surface area contributed by atoms with Crippen molar-refractivity contribution in [2.45, 2.75) is 0 Å². The number of hydrogen-bond acceptors (Lipinski definition) is 4. The van der Waals surface area contributed by atoms with Crippen molar-refractivity contribution < 1.29 is 9.63 Å². The average molecular weight is 157 g/mol. The summed E-state index contributed by atoms with van der Waals surface area (Å²) >= 11 is 0. The third-order valence-electron chi connectivity index (χ3n) is 0.970. The van der Waals surface area contributed by atoms with Crippen LogP contribution in [0.1, 0.15) is 0 Å². The van der Waals surface area contributed by atoms with Gasteiger partial charge in [0.25, 0.3) is 5.91 Å². The van der Waals surface area contributed by atoms with E-state index in [1.54, 1.807) is 11.9 Å². The fourth-order valence-corrected chi connectivity index (χ4v) is 0.568. The molecule has 0 aliphatic carbocycles. The Kier molecular flexibility index (Phi) is 5.07. The molecular weight excluding hydrogens is 146 g/mol. The number of nitrogens with one attached hydrogen (secondary N) is 1. The van der Waals surface area contributed by atoms with Gasteiger partial charge in [-0.25, -0.2) is 5.48 Å². The van der Waals surface area contributed by atoms with Gasteiger partial charge in [0.15, 0.2) is 0 Å². The molecule has 0 aliphatic heterocycles. The molecule has 62 valence electrons. The van der Waals surface area contributed by atoms with Gasteiger partial charge in [-0.05, 0) is 7.05 Å². The fourth-order valence-electron chi connectivity index (χ4n) is 0.568. The molecule has 0 aliphatic rings. The van der Waals surface area contributed by atoms with E-state index in [4.69, 9.17) is 5.26 Å². The first-order chi connectivity index (χ1) is 5.20. The molecule has 0 spiro atoms. The first kappa shape index (κ1) is 9.88. The monoisotopic (exact) mass is 157 g/mol. The smallest absolute Gasteiger partial charge is 0.257 e. The van der Waals surface area contributed by atoms with Crippen molar-refractivity contribution in [3.05, 3.63) is 0 Å². The first-order valence-electron chi connectivity index (χ1n) is 3.08. The van der Waals surface area contributed by atoms with Crippen molar-refractivity contribution in [1.82, 2.24) is 10.4 Å². The highest BCUT2D eigenvalue weighted by molar-refractivity contribution is 5.76. The number of likely N-dealkylation sites (N-methyl/N-ethyl adjacent to an activating group) is 1. The van der Waals surface area contributed by atoms with E-state index < -0.39 is 0 Å². The van der Waals surface area contributed by atoms with E-state index in [0.717, 1.165) is 0 Å². The summed E-state index contributed by atoms with van der Waals surface area (Å²) in [5.41, 5.74) is 2.14. The molecular formula is C6H11N3O2. The molecule has 0 saturated carbocycles. The standard InChI is InChI=1S/C6H11N3O2/c1-9(4-3-7)5-6(10)8-11-2/h4-5H2,1-2H3,(H,8,10). The number of amides is 1. The van der Waals surface area contributed by atoms with Gasteiger partial charge in [0.05, 0.1) is 26.3 Å². The van der Waals surface area contributed by atoms with Crippen LogP contribution in [0.25, 0.3) is 0 Å². The minimum Gasteiger partial charge on any atom is -0.285 e. The van der Waals surface area contributed by atoms with E-state index in [0.29, 0.717) is 0 Å². The maximum absolute atomic E-state index is 10.7. The minimum absolute atomic E-state index is 0.168. The Balaban J connectivity index is 3.50. The van der Waals surface area contributed by atoms with E-state index >= 15 is 0 Å². The topological polar surface area (TPSA) is 65.4 Å². The van der Waals surface area contributed by atoms with Gasteiger partial charge in [0.1, 0.15) is 0 Å². The van der Waals surface area contributed by atoms with E-state index in [9.17, 15) is 4.79 Å². The van der Waals surface area contributed by atoms with E-state index in [-0.39, 0.29) is 19.0 Å². The highest BCUT2D eigenvalue weighted by Crippen LogP contribution is 1.79. The molecule has 0 unspecified atom stereocenters. The summed E-state index contributed by atoms with van der Waals surface area (Å²) in [7, 11) is 3.04. The van der Waals surface area contributed by atoms with Crippen molar-refractivity contribution in [2.75, 3.05) is 27.2 Å². The molecule has 0 saturated heterocycles. The van der Waals surface area contributed by atoms with Crippen molar-refractivity contribution in [2.24, 2.45) is 0 Å². The van der Waals surface area contributed by atoms with E-state index in [1.807, 2.05) is 6.07 Å². The van der Waals surface area contributed by atoms with Crippen molar-refractivity contribution in [3.8, 4) is 6.07 Å². The van der Waals surface area contributed by atoms with Crippen LogP contribution in [0.3, 0.4) is 0 Å². The number of hydrogen-bond donors (Lipinski definition) is 1. The second-order valence-corrected chi connectivity index (χ2v) is 2.06. The molecule has 0 bridgehead atoms. The number of rotatable bonds is 4. The van der Waals surface area contributed by atoms with Gasteiger partial charge in [-0.3, -0.25) is 14.5 Å². The Hall–Kier alpha value is -1.12. The molecule has 0 aromatic carbocycles. The molecule has 0 radical (unpaired) electrons. The fraction of sp³-hybridized carbons (Fsp3) is 0.667. The van der Waals surface area contributed by atoms with Crippen LogP contribution < -0.4 is 5.48 Å². The van der Waals surface area contributed by atoms with Crippen LogP contribution in [-0.2, 0) is 9.63 Å². The molecule has 1 N–H and O–H groups in total. The summed E-state index contributed by atoms with van der Waals surface area (Å²) in [5.74, 6) is -0.259. The zero-order valence-corrected chi connectivity index (χ0v) is 6.63. The third-order valence-corrected chi connectivity index (χ3v) is 0.970. The van der Waals surface area contributed by atoms with Gasteiger partial charge in [-0.15, -0.1) is 0 Å². The maximum Gasteiger partial charge on any atom is 0.257 e. The quantitative estimate of drug-likeness (QED) is 0.425. The van der Waals surface area contributed by atoms with Crippen molar-refractivity contribution in [3.63, 3.8) is 0 Å². The van der Waals surface area contributed by atoms with E-state index in [2.05, 4.69) is 10.3 Å². The van der Waals surface area contributed by atoms with Gasteiger partial charge in [0.2, 0.25) is 0 Å². The second kappa shape index (κ2) is 5.65. The van der Waals surface area contributed by atoms with Gasteiger partial charge in [-0.1, -0.05) is 0 Å². The zero-order chi connectivity index (χ0) is 8.69. The van der Waals surface area contributed by atoms with E-state index in [1.165, 1.54) is 7.11 Å². The molecule has 11 heavy (non-hydrogen) atoms. The molecule has 0 aromatic rings. The molecule has 0 heterocycles.